The van der Waals surface area contributed by atoms with Crippen molar-refractivity contribution in [1.29, 1.82) is 5.26 Å². The molecule has 4 heterocycles. The zero-order valence-electron chi connectivity index (χ0n) is 20.6. The zero-order valence-corrected chi connectivity index (χ0v) is 20.6. The monoisotopic (exact) mass is 498 g/mol. The standard InChI is InChI=1S/C27H30N8O2/c28-14-23-25(29)32-16-21(33-23)17-37-24-13-20(15-31-26(24)30)18-3-5-19(6-4-18)27(36)35-11-7-22(8-12-35)34-9-1-2-10-34/h3-6,13,15-16,22H,1-2,7-12,17H2,(H2,29,32)(H2,30,31). The van der Waals surface area contributed by atoms with Crippen LogP contribution in [0.2, 0.25) is 0 Å². The molecule has 2 fully saturated rings. The van der Waals surface area contributed by atoms with Gasteiger partial charge in [-0.2, -0.15) is 5.26 Å². The Morgan fingerprint density at radius 3 is 2.41 bits per heavy atom. The van der Waals surface area contributed by atoms with E-state index in [1.807, 2.05) is 35.2 Å². The van der Waals surface area contributed by atoms with Crippen molar-refractivity contribution in [3.63, 3.8) is 0 Å². The van der Waals surface area contributed by atoms with E-state index < -0.39 is 0 Å². The van der Waals surface area contributed by atoms with E-state index in [1.54, 1.807) is 12.3 Å². The van der Waals surface area contributed by atoms with Gasteiger partial charge < -0.3 is 26.0 Å². The number of nitrogens with two attached hydrogens (primary N) is 2. The zero-order chi connectivity index (χ0) is 25.8. The minimum Gasteiger partial charge on any atom is -0.483 e. The lowest BCUT2D eigenvalue weighted by atomic mass is 10.0. The summed E-state index contributed by atoms with van der Waals surface area (Å²) in [5.41, 5.74) is 14.5. The summed E-state index contributed by atoms with van der Waals surface area (Å²) in [6.07, 6.45) is 7.80. The van der Waals surface area contributed by atoms with Crippen molar-refractivity contribution < 1.29 is 9.53 Å². The Bertz CT molecular complexity index is 1310. The fourth-order valence-electron chi connectivity index (χ4n) is 5.00. The van der Waals surface area contributed by atoms with Gasteiger partial charge in [-0.25, -0.2) is 15.0 Å². The van der Waals surface area contributed by atoms with Crippen molar-refractivity contribution in [2.75, 3.05) is 37.6 Å². The molecule has 10 heteroatoms. The van der Waals surface area contributed by atoms with E-state index in [2.05, 4.69) is 19.9 Å². The van der Waals surface area contributed by atoms with E-state index in [0.717, 1.165) is 37.1 Å². The second-order valence-corrected chi connectivity index (χ2v) is 9.45. The Kier molecular flexibility index (Phi) is 7.14. The number of carbonyl (C=O) groups is 1. The lowest BCUT2D eigenvalue weighted by Gasteiger charge is -2.36. The lowest BCUT2D eigenvalue weighted by Crippen LogP contribution is -2.45. The van der Waals surface area contributed by atoms with E-state index in [1.165, 1.54) is 32.1 Å². The number of carbonyl (C=O) groups excluding carboxylic acids is 1. The predicted molar refractivity (Wildman–Crippen MR) is 139 cm³/mol. The Labute approximate surface area is 215 Å². The maximum Gasteiger partial charge on any atom is 0.253 e. The van der Waals surface area contributed by atoms with Crippen molar-refractivity contribution in [2.45, 2.75) is 38.3 Å². The summed E-state index contributed by atoms with van der Waals surface area (Å²) >= 11 is 0. The maximum absolute atomic E-state index is 13.1. The first-order valence-electron chi connectivity index (χ1n) is 12.6. The van der Waals surface area contributed by atoms with Crippen molar-refractivity contribution >= 4 is 17.5 Å². The second-order valence-electron chi connectivity index (χ2n) is 9.45. The van der Waals surface area contributed by atoms with Gasteiger partial charge in [0, 0.05) is 36.5 Å². The van der Waals surface area contributed by atoms with E-state index in [4.69, 9.17) is 21.5 Å². The fraction of sp³-hybridized carbons (Fsp3) is 0.370. The van der Waals surface area contributed by atoms with Crippen LogP contribution in [0.5, 0.6) is 5.75 Å². The van der Waals surface area contributed by atoms with Crippen LogP contribution in [0.3, 0.4) is 0 Å². The predicted octanol–water partition coefficient (Wildman–Crippen LogP) is 2.85. The first-order chi connectivity index (χ1) is 18.0. The van der Waals surface area contributed by atoms with Crippen LogP contribution in [0.4, 0.5) is 11.6 Å². The topological polar surface area (TPSA) is 147 Å². The van der Waals surface area contributed by atoms with Crippen LogP contribution in [-0.4, -0.2) is 62.9 Å². The van der Waals surface area contributed by atoms with Crippen LogP contribution in [-0.2, 0) is 6.61 Å². The summed E-state index contributed by atoms with van der Waals surface area (Å²) in [5, 5.41) is 9.08. The first-order valence-corrected chi connectivity index (χ1v) is 12.6. The molecule has 190 valence electrons. The molecule has 0 spiro atoms. The largest absolute Gasteiger partial charge is 0.483 e. The van der Waals surface area contributed by atoms with Crippen molar-refractivity contribution in [1.82, 2.24) is 24.8 Å². The number of benzene rings is 1. The van der Waals surface area contributed by atoms with E-state index in [9.17, 15) is 4.79 Å². The van der Waals surface area contributed by atoms with Crippen molar-refractivity contribution in [2.24, 2.45) is 0 Å². The normalized spacial score (nSPS) is 16.5. The van der Waals surface area contributed by atoms with Gasteiger partial charge in [0.15, 0.2) is 23.1 Å². The van der Waals surface area contributed by atoms with Crippen molar-refractivity contribution in [3.8, 4) is 22.9 Å². The molecule has 2 saturated heterocycles. The van der Waals surface area contributed by atoms with E-state index >= 15 is 0 Å². The molecule has 2 aliphatic heterocycles. The number of aromatic nitrogens is 3. The van der Waals surface area contributed by atoms with E-state index in [-0.39, 0.29) is 29.8 Å². The van der Waals surface area contributed by atoms with Gasteiger partial charge in [-0.15, -0.1) is 0 Å². The Morgan fingerprint density at radius 2 is 1.70 bits per heavy atom. The third-order valence-electron chi connectivity index (χ3n) is 7.09. The molecule has 0 aliphatic carbocycles. The minimum absolute atomic E-state index is 0.0477. The highest BCUT2D eigenvalue weighted by molar-refractivity contribution is 5.94. The molecule has 2 aromatic heterocycles. The molecule has 0 bridgehead atoms. The highest BCUT2D eigenvalue weighted by Crippen LogP contribution is 2.28. The number of amides is 1. The van der Waals surface area contributed by atoms with Crippen LogP contribution in [0.1, 0.15) is 47.4 Å². The Morgan fingerprint density at radius 1 is 1.00 bits per heavy atom. The number of hydrogen-bond acceptors (Lipinski definition) is 9. The number of piperidine rings is 1. The molecule has 0 atom stereocenters. The van der Waals surface area contributed by atoms with Gasteiger partial charge in [0.1, 0.15) is 12.7 Å². The first kappa shape index (κ1) is 24.5. The molecular formula is C27H30N8O2. The summed E-state index contributed by atoms with van der Waals surface area (Å²) in [7, 11) is 0. The molecule has 3 aromatic rings. The molecule has 0 radical (unpaired) electrons. The molecule has 4 N–H and O–H groups in total. The summed E-state index contributed by atoms with van der Waals surface area (Å²) in [4.78, 5) is 30.0. The van der Waals surface area contributed by atoms with Crippen LogP contribution < -0.4 is 16.2 Å². The number of hydrogen-bond donors (Lipinski definition) is 2. The smallest absolute Gasteiger partial charge is 0.253 e. The maximum atomic E-state index is 13.1. The second kappa shape index (κ2) is 10.8. The van der Waals surface area contributed by atoms with Gasteiger partial charge in [0.2, 0.25) is 0 Å². The highest BCUT2D eigenvalue weighted by atomic mass is 16.5. The number of likely N-dealkylation sites (tertiary alicyclic amines) is 2. The van der Waals surface area contributed by atoms with Crippen LogP contribution in [0, 0.1) is 11.3 Å². The molecule has 37 heavy (non-hydrogen) atoms. The average Bonchev–Trinajstić information content (AvgIpc) is 3.48. The summed E-state index contributed by atoms with van der Waals surface area (Å²) in [5.74, 6) is 0.766. The third kappa shape index (κ3) is 5.47. The summed E-state index contributed by atoms with van der Waals surface area (Å²) < 4.78 is 5.81. The number of nitrogens with zero attached hydrogens (tertiary/aromatic N) is 6. The lowest BCUT2D eigenvalue weighted by molar-refractivity contribution is 0.0644. The van der Waals surface area contributed by atoms with Gasteiger partial charge >= 0.3 is 0 Å². The summed E-state index contributed by atoms with van der Waals surface area (Å²) in [6.45, 7) is 4.06. The molecule has 10 nitrogen and oxygen atoms in total. The van der Waals surface area contributed by atoms with Gasteiger partial charge in [0.05, 0.1) is 11.9 Å². The quantitative estimate of drug-likeness (QED) is 0.523. The van der Waals surface area contributed by atoms with Gasteiger partial charge in [0.25, 0.3) is 5.91 Å². The number of anilines is 2. The molecule has 1 aromatic carbocycles. The molecule has 5 rings (SSSR count). The number of rotatable bonds is 6. The number of pyridine rings is 1. The Hall–Kier alpha value is -4.23. The molecule has 1 amide bonds. The number of nitriles is 1. The van der Waals surface area contributed by atoms with Gasteiger partial charge in [-0.05, 0) is 62.5 Å². The summed E-state index contributed by atoms with van der Waals surface area (Å²) in [6, 6.07) is 11.8. The highest BCUT2D eigenvalue weighted by Gasteiger charge is 2.28. The van der Waals surface area contributed by atoms with Gasteiger partial charge in [-0.1, -0.05) is 12.1 Å². The van der Waals surface area contributed by atoms with Crippen molar-refractivity contribution in [3.05, 3.63) is 59.7 Å². The average molecular weight is 499 g/mol. The van der Waals surface area contributed by atoms with Gasteiger partial charge in [-0.3, -0.25) is 4.79 Å². The molecule has 0 unspecified atom stereocenters. The SMILES string of the molecule is N#Cc1nc(COc2cc(-c3ccc(C(=O)N4CCC(N5CCCC5)CC4)cc3)cnc2N)cnc1N. The van der Waals surface area contributed by atoms with Crippen LogP contribution in [0.15, 0.2) is 42.7 Å². The third-order valence-corrected chi connectivity index (χ3v) is 7.09. The van der Waals surface area contributed by atoms with E-state index in [0.29, 0.717) is 23.0 Å². The molecule has 0 saturated carbocycles. The minimum atomic E-state index is 0.0477. The molecular weight excluding hydrogens is 468 g/mol. The molecule has 2 aliphatic rings. The Balaban J connectivity index is 1.22. The fourth-order valence-corrected chi connectivity index (χ4v) is 5.00. The van der Waals surface area contributed by atoms with Crippen LogP contribution in [0.25, 0.3) is 11.1 Å². The van der Waals surface area contributed by atoms with Crippen LogP contribution >= 0.6 is 0 Å². The number of ether oxygens (including phenoxy) is 1. The number of nitrogen functional groups attached to an aromatic ring is 2.